The molecule has 0 saturated heterocycles. The van der Waals surface area contributed by atoms with Gasteiger partial charge in [-0.2, -0.15) is 0 Å². The van der Waals surface area contributed by atoms with E-state index in [-0.39, 0.29) is 18.9 Å². The summed E-state index contributed by atoms with van der Waals surface area (Å²) in [5.41, 5.74) is 1.79. The van der Waals surface area contributed by atoms with Crippen molar-refractivity contribution in [2.45, 2.75) is 19.8 Å². The molecule has 0 bridgehead atoms. The Morgan fingerprint density at radius 1 is 1.13 bits per heavy atom. The number of aromatic nitrogens is 1. The SMILES string of the molecule is Cc1nc(-c2ccc(CCNC(=O)CCNS(=O)(=O)/C=C/c3ccccc3)s2)cs1. The first-order chi connectivity index (χ1) is 14.4. The highest BCUT2D eigenvalue weighted by molar-refractivity contribution is 7.92. The lowest BCUT2D eigenvalue weighted by molar-refractivity contribution is -0.120. The fourth-order valence-electron chi connectivity index (χ4n) is 2.63. The van der Waals surface area contributed by atoms with Crippen LogP contribution in [0.1, 0.15) is 21.9 Å². The van der Waals surface area contributed by atoms with E-state index in [9.17, 15) is 13.2 Å². The molecule has 2 heterocycles. The van der Waals surface area contributed by atoms with Gasteiger partial charge in [-0.15, -0.1) is 22.7 Å². The number of amides is 1. The minimum Gasteiger partial charge on any atom is -0.356 e. The molecule has 0 fully saturated rings. The van der Waals surface area contributed by atoms with Crippen molar-refractivity contribution >= 4 is 44.7 Å². The van der Waals surface area contributed by atoms with Crippen LogP contribution >= 0.6 is 22.7 Å². The van der Waals surface area contributed by atoms with Crippen LogP contribution in [0.5, 0.6) is 0 Å². The summed E-state index contributed by atoms with van der Waals surface area (Å²) < 4.78 is 26.4. The standard InChI is InChI=1S/C21H23N3O3S3/c1-16-24-19(15-28-16)20-8-7-18(29-20)9-12-22-21(25)10-13-23-30(26,27)14-11-17-5-3-2-4-6-17/h2-8,11,14-15,23H,9-10,12-13H2,1H3,(H,22,25)/b14-11+. The highest BCUT2D eigenvalue weighted by Gasteiger charge is 2.09. The number of thiazole rings is 1. The second-order valence-corrected chi connectivity index (χ2v) is 10.4. The van der Waals surface area contributed by atoms with Gasteiger partial charge in [0.25, 0.3) is 0 Å². The lowest BCUT2D eigenvalue weighted by Crippen LogP contribution is -2.30. The van der Waals surface area contributed by atoms with Crippen molar-refractivity contribution < 1.29 is 13.2 Å². The Bertz CT molecular complexity index is 1100. The molecule has 2 aromatic heterocycles. The van der Waals surface area contributed by atoms with Gasteiger partial charge in [-0.1, -0.05) is 30.3 Å². The monoisotopic (exact) mass is 461 g/mol. The van der Waals surface area contributed by atoms with Crippen molar-refractivity contribution in [3.63, 3.8) is 0 Å². The Morgan fingerprint density at radius 2 is 1.93 bits per heavy atom. The van der Waals surface area contributed by atoms with Crippen molar-refractivity contribution in [2.24, 2.45) is 0 Å². The van der Waals surface area contributed by atoms with Gasteiger partial charge in [-0.3, -0.25) is 4.79 Å². The molecule has 0 spiro atoms. The van der Waals surface area contributed by atoms with Gasteiger partial charge in [-0.25, -0.2) is 18.1 Å². The maximum Gasteiger partial charge on any atom is 0.233 e. The van der Waals surface area contributed by atoms with E-state index in [1.807, 2.05) is 54.8 Å². The summed E-state index contributed by atoms with van der Waals surface area (Å²) in [5, 5.41) is 7.02. The third-order valence-electron chi connectivity index (χ3n) is 4.12. The summed E-state index contributed by atoms with van der Waals surface area (Å²) in [6, 6.07) is 13.3. The molecule has 0 aliphatic rings. The molecule has 158 valence electrons. The average molecular weight is 462 g/mol. The van der Waals surface area contributed by atoms with E-state index in [2.05, 4.69) is 15.0 Å². The smallest absolute Gasteiger partial charge is 0.233 e. The third-order valence-corrected chi connectivity index (χ3v) is 7.16. The first-order valence-electron chi connectivity index (χ1n) is 9.42. The lowest BCUT2D eigenvalue weighted by atomic mass is 10.2. The molecule has 9 heteroatoms. The molecule has 30 heavy (non-hydrogen) atoms. The zero-order valence-electron chi connectivity index (χ0n) is 16.5. The zero-order chi connectivity index (χ0) is 21.4. The fraction of sp³-hybridized carbons (Fsp3) is 0.238. The van der Waals surface area contributed by atoms with Crippen LogP contribution in [-0.2, 0) is 21.2 Å². The quantitative estimate of drug-likeness (QED) is 0.480. The van der Waals surface area contributed by atoms with Gasteiger partial charge in [0, 0.05) is 35.2 Å². The topological polar surface area (TPSA) is 88.2 Å². The molecule has 0 saturated carbocycles. The van der Waals surface area contributed by atoms with Crippen molar-refractivity contribution in [3.8, 4) is 10.6 Å². The van der Waals surface area contributed by atoms with Crippen LogP contribution in [0.25, 0.3) is 16.6 Å². The summed E-state index contributed by atoms with van der Waals surface area (Å²) >= 11 is 3.30. The first-order valence-corrected chi connectivity index (χ1v) is 12.7. The predicted octanol–water partition coefficient (Wildman–Crippen LogP) is 3.82. The van der Waals surface area contributed by atoms with Gasteiger partial charge >= 0.3 is 0 Å². The van der Waals surface area contributed by atoms with Gasteiger partial charge in [0.05, 0.1) is 15.6 Å². The minimum absolute atomic E-state index is 0.0552. The summed E-state index contributed by atoms with van der Waals surface area (Å²) in [4.78, 5) is 18.7. The van der Waals surface area contributed by atoms with Crippen molar-refractivity contribution in [2.75, 3.05) is 13.1 Å². The Morgan fingerprint density at radius 3 is 2.67 bits per heavy atom. The minimum atomic E-state index is -3.57. The van der Waals surface area contributed by atoms with E-state index >= 15 is 0 Å². The predicted molar refractivity (Wildman–Crippen MR) is 124 cm³/mol. The Hall–Kier alpha value is -2.33. The van der Waals surface area contributed by atoms with Crippen LogP contribution in [-0.4, -0.2) is 32.4 Å². The second kappa shape index (κ2) is 10.6. The average Bonchev–Trinajstić information content (AvgIpc) is 3.36. The van der Waals surface area contributed by atoms with Crippen molar-refractivity contribution in [3.05, 3.63) is 68.7 Å². The molecule has 0 atom stereocenters. The van der Waals surface area contributed by atoms with Crippen molar-refractivity contribution in [1.82, 2.24) is 15.0 Å². The van der Waals surface area contributed by atoms with E-state index in [1.54, 1.807) is 22.7 Å². The van der Waals surface area contributed by atoms with Gasteiger partial charge in [-0.05, 0) is 37.1 Å². The number of hydrogen-bond acceptors (Lipinski definition) is 6. The number of carbonyl (C=O) groups excluding carboxylic acids is 1. The molecular formula is C21H23N3O3S3. The third kappa shape index (κ3) is 7.17. The maximum absolute atomic E-state index is 12.0. The number of carbonyl (C=O) groups is 1. The van der Waals surface area contributed by atoms with Crippen LogP contribution in [0.3, 0.4) is 0 Å². The molecule has 0 aliphatic heterocycles. The van der Waals surface area contributed by atoms with Gasteiger partial charge < -0.3 is 5.32 Å². The zero-order valence-corrected chi connectivity index (χ0v) is 18.9. The number of hydrogen-bond donors (Lipinski definition) is 2. The van der Waals surface area contributed by atoms with E-state index in [0.717, 1.165) is 33.0 Å². The number of thiophene rings is 1. The molecule has 1 amide bonds. The molecule has 0 unspecified atom stereocenters. The van der Waals surface area contributed by atoms with Gasteiger partial charge in [0.1, 0.15) is 0 Å². The molecule has 0 aliphatic carbocycles. The molecule has 2 N–H and O–H groups in total. The van der Waals surface area contributed by atoms with Crippen LogP contribution in [0.4, 0.5) is 0 Å². The highest BCUT2D eigenvalue weighted by Crippen LogP contribution is 2.29. The van der Waals surface area contributed by atoms with Gasteiger partial charge in [0.15, 0.2) is 0 Å². The second-order valence-electron chi connectivity index (χ2n) is 6.52. The molecule has 3 aromatic rings. The van der Waals surface area contributed by atoms with Crippen LogP contribution in [0.2, 0.25) is 0 Å². The summed E-state index contributed by atoms with van der Waals surface area (Å²) in [5.74, 6) is -0.184. The molecule has 1 aromatic carbocycles. The summed E-state index contributed by atoms with van der Waals surface area (Å²) in [6.45, 7) is 2.55. The summed E-state index contributed by atoms with van der Waals surface area (Å²) in [7, 11) is -3.57. The maximum atomic E-state index is 12.0. The highest BCUT2D eigenvalue weighted by atomic mass is 32.2. The van der Waals surface area contributed by atoms with Crippen molar-refractivity contribution in [1.29, 1.82) is 0 Å². The Labute approximate surface area is 184 Å². The molecule has 3 rings (SSSR count). The molecule has 6 nitrogen and oxygen atoms in total. The lowest BCUT2D eigenvalue weighted by Gasteiger charge is -2.05. The fourth-order valence-corrected chi connectivity index (χ4v) is 5.10. The number of aryl methyl sites for hydroxylation is 1. The number of sulfonamides is 1. The van der Waals surface area contributed by atoms with Crippen LogP contribution in [0, 0.1) is 6.92 Å². The summed E-state index contributed by atoms with van der Waals surface area (Å²) in [6.07, 6.45) is 2.34. The largest absolute Gasteiger partial charge is 0.356 e. The first kappa shape index (κ1) is 22.4. The number of nitrogens with zero attached hydrogens (tertiary/aromatic N) is 1. The number of benzene rings is 1. The van der Waals surface area contributed by atoms with E-state index < -0.39 is 10.0 Å². The Balaban J connectivity index is 1.36. The molecule has 0 radical (unpaired) electrons. The normalized spacial score (nSPS) is 11.8. The van der Waals surface area contributed by atoms with Crippen LogP contribution < -0.4 is 10.0 Å². The molecular weight excluding hydrogens is 438 g/mol. The Kier molecular flexibility index (Phi) is 7.92. The van der Waals surface area contributed by atoms with E-state index in [0.29, 0.717) is 6.54 Å². The van der Waals surface area contributed by atoms with E-state index in [4.69, 9.17) is 0 Å². The van der Waals surface area contributed by atoms with Gasteiger partial charge in [0.2, 0.25) is 15.9 Å². The van der Waals surface area contributed by atoms with Crippen LogP contribution in [0.15, 0.2) is 53.3 Å². The number of nitrogens with one attached hydrogen (secondary N) is 2. The van der Waals surface area contributed by atoms with E-state index in [1.165, 1.54) is 11.0 Å². The number of rotatable bonds is 10.